The second kappa shape index (κ2) is 6.80. The standard InChI is InChI=1S/C12H16BrN3OS/c1-3-4-8(11(14)18)12(17)16-10-5-7(2)9(13)6-15-10/h5-6,8H,3-4H2,1-2H3,(H2,14,18)(H,15,16,17). The predicted octanol–water partition coefficient (Wildman–Crippen LogP) is 2.79. The number of nitrogens with zero attached hydrogens (tertiary/aromatic N) is 1. The molecular weight excluding hydrogens is 314 g/mol. The number of thiocarbonyl (C=S) groups is 1. The molecule has 6 heteroatoms. The van der Waals surface area contributed by atoms with Crippen molar-refractivity contribution in [2.75, 3.05) is 5.32 Å². The molecule has 0 aromatic carbocycles. The number of halogens is 1. The number of carbonyl (C=O) groups is 1. The van der Waals surface area contributed by atoms with E-state index in [1.165, 1.54) is 0 Å². The Balaban J connectivity index is 2.79. The van der Waals surface area contributed by atoms with Crippen molar-refractivity contribution in [3.63, 3.8) is 0 Å². The Bertz CT molecular complexity index is 465. The third-order valence-corrected chi connectivity index (χ3v) is 3.65. The van der Waals surface area contributed by atoms with Crippen molar-refractivity contribution in [1.82, 2.24) is 4.98 Å². The maximum absolute atomic E-state index is 12.0. The first-order chi connectivity index (χ1) is 8.45. The molecule has 1 amide bonds. The average Bonchev–Trinajstić information content (AvgIpc) is 2.30. The monoisotopic (exact) mass is 329 g/mol. The predicted molar refractivity (Wildman–Crippen MR) is 80.5 cm³/mol. The van der Waals surface area contributed by atoms with Crippen molar-refractivity contribution >= 4 is 44.9 Å². The number of hydrogen-bond donors (Lipinski definition) is 2. The quantitative estimate of drug-likeness (QED) is 0.815. The Morgan fingerprint density at radius 3 is 2.83 bits per heavy atom. The fourth-order valence-electron chi connectivity index (χ4n) is 1.51. The highest BCUT2D eigenvalue weighted by molar-refractivity contribution is 9.10. The minimum absolute atomic E-state index is 0.196. The van der Waals surface area contributed by atoms with Crippen LogP contribution in [-0.4, -0.2) is 15.9 Å². The number of hydrogen-bond acceptors (Lipinski definition) is 3. The van der Waals surface area contributed by atoms with E-state index in [1.807, 2.05) is 13.8 Å². The van der Waals surface area contributed by atoms with Gasteiger partial charge in [-0.2, -0.15) is 0 Å². The van der Waals surface area contributed by atoms with Gasteiger partial charge >= 0.3 is 0 Å². The van der Waals surface area contributed by atoms with Crippen LogP contribution in [-0.2, 0) is 4.79 Å². The van der Waals surface area contributed by atoms with Gasteiger partial charge in [-0.05, 0) is 40.9 Å². The van der Waals surface area contributed by atoms with Crippen LogP contribution in [0, 0.1) is 12.8 Å². The van der Waals surface area contributed by atoms with Crippen LogP contribution in [0.25, 0.3) is 0 Å². The van der Waals surface area contributed by atoms with E-state index in [9.17, 15) is 4.79 Å². The van der Waals surface area contributed by atoms with Gasteiger partial charge in [0, 0.05) is 10.7 Å². The molecule has 1 unspecified atom stereocenters. The van der Waals surface area contributed by atoms with E-state index in [4.69, 9.17) is 18.0 Å². The van der Waals surface area contributed by atoms with Gasteiger partial charge in [-0.25, -0.2) is 4.98 Å². The van der Waals surface area contributed by atoms with E-state index < -0.39 is 5.92 Å². The van der Waals surface area contributed by atoms with Crippen molar-refractivity contribution in [2.45, 2.75) is 26.7 Å². The van der Waals surface area contributed by atoms with Gasteiger partial charge in [0.1, 0.15) is 5.82 Å². The lowest BCUT2D eigenvalue weighted by atomic mass is 10.0. The molecule has 98 valence electrons. The minimum Gasteiger partial charge on any atom is -0.393 e. The molecule has 0 aliphatic heterocycles. The molecule has 1 heterocycles. The summed E-state index contributed by atoms with van der Waals surface area (Å²) in [4.78, 5) is 16.4. The summed E-state index contributed by atoms with van der Waals surface area (Å²) in [6.07, 6.45) is 3.15. The Labute approximate surface area is 120 Å². The molecular formula is C12H16BrN3OS. The molecule has 3 N–H and O–H groups in total. The van der Waals surface area contributed by atoms with Crippen LogP contribution in [0.1, 0.15) is 25.3 Å². The zero-order chi connectivity index (χ0) is 13.7. The Kier molecular flexibility index (Phi) is 5.68. The van der Waals surface area contributed by atoms with E-state index in [2.05, 4.69) is 26.2 Å². The summed E-state index contributed by atoms with van der Waals surface area (Å²) in [7, 11) is 0. The van der Waals surface area contributed by atoms with Gasteiger partial charge in [-0.15, -0.1) is 0 Å². The number of aromatic nitrogens is 1. The second-order valence-electron chi connectivity index (χ2n) is 4.05. The van der Waals surface area contributed by atoms with Gasteiger partial charge in [0.15, 0.2) is 0 Å². The van der Waals surface area contributed by atoms with Gasteiger partial charge in [-0.3, -0.25) is 4.79 Å². The highest BCUT2D eigenvalue weighted by Crippen LogP contribution is 2.18. The topological polar surface area (TPSA) is 68.0 Å². The maximum atomic E-state index is 12.0. The van der Waals surface area contributed by atoms with E-state index in [1.54, 1.807) is 12.3 Å². The molecule has 0 saturated carbocycles. The lowest BCUT2D eigenvalue weighted by molar-refractivity contribution is -0.118. The number of carbonyl (C=O) groups excluding carboxylic acids is 1. The molecule has 1 aromatic heterocycles. The normalized spacial score (nSPS) is 11.9. The Morgan fingerprint density at radius 1 is 1.67 bits per heavy atom. The summed E-state index contributed by atoms with van der Waals surface area (Å²) in [6.45, 7) is 3.92. The zero-order valence-corrected chi connectivity index (χ0v) is 12.8. The molecule has 0 spiro atoms. The van der Waals surface area contributed by atoms with E-state index in [0.29, 0.717) is 12.2 Å². The number of nitrogens with one attached hydrogen (secondary N) is 1. The maximum Gasteiger partial charge on any atom is 0.235 e. The lowest BCUT2D eigenvalue weighted by Gasteiger charge is -2.14. The van der Waals surface area contributed by atoms with Crippen molar-refractivity contribution < 1.29 is 4.79 Å². The molecule has 0 fully saturated rings. The van der Waals surface area contributed by atoms with Crippen LogP contribution in [0.3, 0.4) is 0 Å². The highest BCUT2D eigenvalue weighted by atomic mass is 79.9. The molecule has 0 aliphatic rings. The summed E-state index contributed by atoms with van der Waals surface area (Å²) in [5, 5.41) is 2.74. The van der Waals surface area contributed by atoms with Crippen molar-refractivity contribution in [2.24, 2.45) is 11.7 Å². The molecule has 0 aliphatic carbocycles. The molecule has 1 rings (SSSR count). The van der Waals surface area contributed by atoms with Crippen LogP contribution in [0.4, 0.5) is 5.82 Å². The summed E-state index contributed by atoms with van der Waals surface area (Å²) in [5.41, 5.74) is 6.58. The summed E-state index contributed by atoms with van der Waals surface area (Å²) < 4.78 is 0.903. The molecule has 0 saturated heterocycles. The fourth-order valence-corrected chi connectivity index (χ4v) is 1.95. The van der Waals surface area contributed by atoms with Crippen LogP contribution >= 0.6 is 28.1 Å². The first-order valence-electron chi connectivity index (χ1n) is 5.68. The SMILES string of the molecule is CCCC(C(=O)Nc1cc(C)c(Br)cn1)C(N)=S. The molecule has 4 nitrogen and oxygen atoms in total. The van der Waals surface area contributed by atoms with Gasteiger partial charge in [0.05, 0.1) is 10.9 Å². The van der Waals surface area contributed by atoms with E-state index in [0.717, 1.165) is 16.5 Å². The number of amides is 1. The van der Waals surface area contributed by atoms with Crippen molar-refractivity contribution in [3.05, 3.63) is 22.3 Å². The van der Waals surface area contributed by atoms with Crippen LogP contribution in [0.2, 0.25) is 0 Å². The fraction of sp³-hybridized carbons (Fsp3) is 0.417. The van der Waals surface area contributed by atoms with Gasteiger partial charge < -0.3 is 11.1 Å². The molecule has 1 atom stereocenters. The number of aryl methyl sites for hydroxylation is 1. The van der Waals surface area contributed by atoms with E-state index >= 15 is 0 Å². The smallest absolute Gasteiger partial charge is 0.235 e. The average molecular weight is 330 g/mol. The minimum atomic E-state index is -0.434. The summed E-state index contributed by atoms with van der Waals surface area (Å²) >= 11 is 8.27. The number of anilines is 1. The number of nitrogens with two attached hydrogens (primary N) is 1. The number of rotatable bonds is 5. The van der Waals surface area contributed by atoms with Gasteiger partial charge in [0.25, 0.3) is 0 Å². The Morgan fingerprint density at radius 2 is 2.33 bits per heavy atom. The zero-order valence-electron chi connectivity index (χ0n) is 10.4. The summed E-state index contributed by atoms with van der Waals surface area (Å²) in [6, 6.07) is 1.80. The van der Waals surface area contributed by atoms with Crippen LogP contribution in [0.15, 0.2) is 16.7 Å². The third-order valence-electron chi connectivity index (χ3n) is 2.54. The van der Waals surface area contributed by atoms with Crippen molar-refractivity contribution in [3.8, 4) is 0 Å². The molecule has 0 bridgehead atoms. The highest BCUT2D eigenvalue weighted by Gasteiger charge is 2.20. The number of pyridine rings is 1. The molecule has 18 heavy (non-hydrogen) atoms. The molecule has 0 radical (unpaired) electrons. The Hall–Kier alpha value is -1.01. The first kappa shape index (κ1) is 15.0. The summed E-state index contributed by atoms with van der Waals surface area (Å²) in [5.74, 6) is -0.118. The lowest BCUT2D eigenvalue weighted by Crippen LogP contribution is -2.33. The first-order valence-corrected chi connectivity index (χ1v) is 6.88. The van der Waals surface area contributed by atoms with Crippen molar-refractivity contribution in [1.29, 1.82) is 0 Å². The van der Waals surface area contributed by atoms with Gasteiger partial charge in [-0.1, -0.05) is 25.6 Å². The molecule has 1 aromatic rings. The third kappa shape index (κ3) is 4.03. The van der Waals surface area contributed by atoms with E-state index in [-0.39, 0.29) is 10.9 Å². The largest absolute Gasteiger partial charge is 0.393 e. The van der Waals surface area contributed by atoms with Crippen LogP contribution < -0.4 is 11.1 Å². The van der Waals surface area contributed by atoms with Crippen LogP contribution in [0.5, 0.6) is 0 Å². The van der Waals surface area contributed by atoms with Gasteiger partial charge in [0.2, 0.25) is 5.91 Å². The second-order valence-corrected chi connectivity index (χ2v) is 5.38.